The first-order chi connectivity index (χ1) is 10.6. The van der Waals surface area contributed by atoms with E-state index in [9.17, 15) is 4.79 Å². The second-order valence-electron chi connectivity index (χ2n) is 5.56. The molecule has 0 aliphatic rings. The van der Waals surface area contributed by atoms with Gasteiger partial charge in [0.05, 0.1) is 0 Å². The maximum atomic E-state index is 10.7. The average molecular weight is 294 g/mol. The monoisotopic (exact) mass is 294 g/mol. The average Bonchev–Trinajstić information content (AvgIpc) is 2.55. The number of hydrogen-bond acceptors (Lipinski definition) is 1. The molecule has 0 spiro atoms. The zero-order valence-electron chi connectivity index (χ0n) is 12.8. The number of benzene rings is 2. The van der Waals surface area contributed by atoms with E-state index >= 15 is 0 Å². The van der Waals surface area contributed by atoms with Gasteiger partial charge in [-0.25, -0.2) is 4.79 Å². The molecule has 2 aromatic rings. The molecule has 2 heteroatoms. The fraction of sp³-hybridized carbons (Fsp3) is 0.250. The molecule has 0 radical (unpaired) electrons. The molecule has 0 saturated heterocycles. The summed E-state index contributed by atoms with van der Waals surface area (Å²) in [6, 6.07) is 19.1. The van der Waals surface area contributed by atoms with Crippen molar-refractivity contribution in [2.75, 3.05) is 0 Å². The van der Waals surface area contributed by atoms with Gasteiger partial charge in [-0.1, -0.05) is 61.2 Å². The molecule has 2 nitrogen and oxygen atoms in total. The van der Waals surface area contributed by atoms with Gasteiger partial charge < -0.3 is 5.11 Å². The number of aryl methyl sites for hydroxylation is 3. The lowest BCUT2D eigenvalue weighted by molar-refractivity contribution is -0.132. The van der Waals surface area contributed by atoms with Crippen LogP contribution in [0.25, 0.3) is 0 Å². The summed E-state index contributed by atoms with van der Waals surface area (Å²) in [7, 11) is 0. The Morgan fingerprint density at radius 1 is 0.818 bits per heavy atom. The van der Waals surface area contributed by atoms with Crippen LogP contribution in [0.5, 0.6) is 0 Å². The van der Waals surface area contributed by atoms with Crippen LogP contribution in [0.2, 0.25) is 0 Å². The van der Waals surface area contributed by atoms with Crippen LogP contribution in [0.3, 0.4) is 0 Å². The van der Waals surface area contributed by atoms with Crippen molar-refractivity contribution in [2.45, 2.75) is 32.1 Å². The molecule has 0 aromatic heterocycles. The molecular formula is C20H22O2. The van der Waals surface area contributed by atoms with E-state index in [1.807, 2.05) is 6.07 Å². The zero-order valence-corrected chi connectivity index (χ0v) is 12.8. The van der Waals surface area contributed by atoms with Gasteiger partial charge in [0.25, 0.3) is 0 Å². The number of carboxylic acid groups (broad SMARTS) is 1. The van der Waals surface area contributed by atoms with E-state index in [1.54, 1.807) is 0 Å². The third kappa shape index (κ3) is 5.21. The highest BCUT2D eigenvalue weighted by molar-refractivity contribution is 5.85. The standard InChI is InChI=1S/C20H22O2/c1-16(20(21)22)6-5-9-18-11-14-19(15-12-18)13-10-17-7-3-2-4-8-17/h2-4,7-8,11-12,14-15H,1,5-6,9-10,13H2,(H,21,22). The first-order valence-corrected chi connectivity index (χ1v) is 7.68. The Kier molecular flexibility index (Phi) is 5.96. The Morgan fingerprint density at radius 2 is 1.32 bits per heavy atom. The minimum Gasteiger partial charge on any atom is -0.478 e. The Labute approximate surface area is 132 Å². The zero-order chi connectivity index (χ0) is 15.8. The van der Waals surface area contributed by atoms with Gasteiger partial charge in [0.2, 0.25) is 0 Å². The van der Waals surface area contributed by atoms with Crippen LogP contribution in [0.4, 0.5) is 0 Å². The summed E-state index contributed by atoms with van der Waals surface area (Å²) >= 11 is 0. The Morgan fingerprint density at radius 3 is 1.86 bits per heavy atom. The summed E-state index contributed by atoms with van der Waals surface area (Å²) < 4.78 is 0. The summed E-state index contributed by atoms with van der Waals surface area (Å²) in [5.74, 6) is -0.892. The van der Waals surface area contributed by atoms with E-state index in [4.69, 9.17) is 5.11 Å². The SMILES string of the molecule is C=C(CCCc1ccc(CCc2ccccc2)cc1)C(=O)O. The molecule has 0 heterocycles. The largest absolute Gasteiger partial charge is 0.478 e. The topological polar surface area (TPSA) is 37.3 Å². The second-order valence-corrected chi connectivity index (χ2v) is 5.56. The Bertz CT molecular complexity index is 612. The van der Waals surface area contributed by atoms with Gasteiger partial charge >= 0.3 is 5.97 Å². The number of carbonyl (C=O) groups is 1. The molecule has 0 saturated carbocycles. The van der Waals surface area contributed by atoms with Crippen LogP contribution in [-0.2, 0) is 24.1 Å². The van der Waals surface area contributed by atoms with Crippen LogP contribution in [0, 0.1) is 0 Å². The van der Waals surface area contributed by atoms with E-state index in [0.717, 1.165) is 25.7 Å². The van der Waals surface area contributed by atoms with Crippen molar-refractivity contribution in [2.24, 2.45) is 0 Å². The normalized spacial score (nSPS) is 10.4. The van der Waals surface area contributed by atoms with Gasteiger partial charge in [0.1, 0.15) is 0 Å². The maximum Gasteiger partial charge on any atom is 0.330 e. The van der Waals surface area contributed by atoms with Crippen molar-refractivity contribution >= 4 is 5.97 Å². The minimum absolute atomic E-state index is 0.291. The van der Waals surface area contributed by atoms with Crippen molar-refractivity contribution in [3.63, 3.8) is 0 Å². The summed E-state index contributed by atoms with van der Waals surface area (Å²) in [6.07, 6.45) is 4.36. The smallest absolute Gasteiger partial charge is 0.330 e. The van der Waals surface area contributed by atoms with E-state index in [0.29, 0.717) is 12.0 Å². The highest BCUT2D eigenvalue weighted by Gasteiger charge is 2.03. The van der Waals surface area contributed by atoms with E-state index in [2.05, 4.69) is 55.1 Å². The summed E-state index contributed by atoms with van der Waals surface area (Å²) in [5.41, 5.74) is 4.24. The van der Waals surface area contributed by atoms with Gasteiger partial charge in [0, 0.05) is 5.57 Å². The highest BCUT2D eigenvalue weighted by atomic mass is 16.4. The van der Waals surface area contributed by atoms with Gasteiger partial charge in [-0.15, -0.1) is 0 Å². The van der Waals surface area contributed by atoms with Crippen molar-refractivity contribution < 1.29 is 9.90 Å². The molecule has 0 amide bonds. The molecule has 0 bridgehead atoms. The second kappa shape index (κ2) is 8.18. The molecule has 114 valence electrons. The number of aliphatic carboxylic acids is 1. The first-order valence-electron chi connectivity index (χ1n) is 7.68. The number of hydrogen-bond donors (Lipinski definition) is 1. The van der Waals surface area contributed by atoms with Crippen LogP contribution < -0.4 is 0 Å². The van der Waals surface area contributed by atoms with Crippen molar-refractivity contribution in [1.29, 1.82) is 0 Å². The predicted molar refractivity (Wildman–Crippen MR) is 90.0 cm³/mol. The maximum absolute atomic E-state index is 10.7. The van der Waals surface area contributed by atoms with Crippen molar-refractivity contribution in [3.8, 4) is 0 Å². The van der Waals surface area contributed by atoms with Crippen LogP contribution in [0.1, 0.15) is 29.5 Å². The lowest BCUT2D eigenvalue weighted by Crippen LogP contribution is -1.99. The van der Waals surface area contributed by atoms with Crippen LogP contribution >= 0.6 is 0 Å². The van der Waals surface area contributed by atoms with Crippen LogP contribution in [0.15, 0.2) is 66.7 Å². The predicted octanol–water partition coefficient (Wildman–Crippen LogP) is 4.44. The number of rotatable bonds is 8. The summed E-state index contributed by atoms with van der Waals surface area (Å²) in [4.78, 5) is 10.7. The fourth-order valence-electron chi connectivity index (χ4n) is 2.42. The van der Waals surface area contributed by atoms with Crippen LogP contribution in [-0.4, -0.2) is 11.1 Å². The lowest BCUT2D eigenvalue weighted by atomic mass is 10.0. The Hall–Kier alpha value is -2.35. The van der Waals surface area contributed by atoms with Crippen molar-refractivity contribution in [3.05, 3.63) is 83.4 Å². The summed E-state index contributed by atoms with van der Waals surface area (Å²) in [5, 5.41) is 8.77. The summed E-state index contributed by atoms with van der Waals surface area (Å²) in [6.45, 7) is 3.55. The van der Waals surface area contributed by atoms with E-state index in [1.165, 1.54) is 16.7 Å². The third-order valence-electron chi connectivity index (χ3n) is 3.81. The van der Waals surface area contributed by atoms with Gasteiger partial charge in [-0.05, 0) is 48.8 Å². The molecule has 0 atom stereocenters. The first kappa shape index (κ1) is 16.0. The molecule has 1 N–H and O–H groups in total. The molecule has 22 heavy (non-hydrogen) atoms. The molecule has 0 unspecified atom stereocenters. The van der Waals surface area contributed by atoms with E-state index < -0.39 is 5.97 Å². The van der Waals surface area contributed by atoms with E-state index in [-0.39, 0.29) is 0 Å². The molecule has 2 rings (SSSR count). The molecule has 2 aromatic carbocycles. The number of carboxylic acids is 1. The lowest BCUT2D eigenvalue weighted by Gasteiger charge is -2.05. The van der Waals surface area contributed by atoms with Crippen molar-refractivity contribution in [1.82, 2.24) is 0 Å². The van der Waals surface area contributed by atoms with Gasteiger partial charge in [-0.3, -0.25) is 0 Å². The molecule has 0 aliphatic heterocycles. The fourth-order valence-corrected chi connectivity index (χ4v) is 2.42. The quantitative estimate of drug-likeness (QED) is 0.731. The molecule has 0 fully saturated rings. The van der Waals surface area contributed by atoms with Gasteiger partial charge in [0.15, 0.2) is 0 Å². The van der Waals surface area contributed by atoms with Gasteiger partial charge in [-0.2, -0.15) is 0 Å². The third-order valence-corrected chi connectivity index (χ3v) is 3.81. The highest BCUT2D eigenvalue weighted by Crippen LogP contribution is 2.12. The Balaban J connectivity index is 1.78. The minimum atomic E-state index is -0.892. The molecular weight excluding hydrogens is 272 g/mol. The molecule has 0 aliphatic carbocycles.